The van der Waals surface area contributed by atoms with E-state index in [2.05, 4.69) is 31.4 Å². The van der Waals surface area contributed by atoms with E-state index in [0.717, 1.165) is 5.56 Å². The fourth-order valence-electron chi connectivity index (χ4n) is 3.48. The summed E-state index contributed by atoms with van der Waals surface area (Å²) < 4.78 is 37.9. The molecule has 0 saturated heterocycles. The van der Waals surface area contributed by atoms with Crippen LogP contribution < -0.4 is 24.8 Å². The molecule has 0 aliphatic rings. The summed E-state index contributed by atoms with van der Waals surface area (Å²) in [7, 11) is 0.0240. The third-order valence-corrected chi connectivity index (χ3v) is 6.94. The maximum Gasteiger partial charge on any atom is 0.328 e. The first-order valence-electron chi connectivity index (χ1n) is 11.3. The minimum absolute atomic E-state index is 0.103. The van der Waals surface area contributed by atoms with Crippen molar-refractivity contribution >= 4 is 22.0 Å². The molecule has 0 aliphatic heterocycles. The number of methoxy groups -OCH3 is 2. The molecule has 0 heterocycles. The van der Waals surface area contributed by atoms with Crippen LogP contribution in [0.5, 0.6) is 11.5 Å². The molecule has 10 heteroatoms. The van der Waals surface area contributed by atoms with Crippen molar-refractivity contribution in [1.29, 1.82) is 0 Å². The Bertz CT molecular complexity index is 1170. The van der Waals surface area contributed by atoms with Gasteiger partial charge in [0.1, 0.15) is 16.4 Å². The third-order valence-electron chi connectivity index (χ3n) is 5.59. The van der Waals surface area contributed by atoms with E-state index in [9.17, 15) is 18.0 Å². The summed E-state index contributed by atoms with van der Waals surface area (Å²) >= 11 is 0. The summed E-state index contributed by atoms with van der Waals surface area (Å²) in [5.74, 6) is 0.303. The van der Waals surface area contributed by atoms with Crippen LogP contribution in [0.15, 0.2) is 41.3 Å². The Morgan fingerprint density at radius 3 is 2.17 bits per heavy atom. The molecular formula is C25H35N3O6S. The van der Waals surface area contributed by atoms with Gasteiger partial charge < -0.3 is 20.1 Å². The predicted octanol–water partition coefficient (Wildman–Crippen LogP) is 3.37. The number of carbonyl (C=O) groups excluding carboxylic acids is 2. The first kappa shape index (κ1) is 28.0. The van der Waals surface area contributed by atoms with Crippen molar-refractivity contribution in [3.05, 3.63) is 53.1 Å². The Morgan fingerprint density at radius 1 is 1.00 bits per heavy atom. The molecule has 35 heavy (non-hydrogen) atoms. The maximum absolute atomic E-state index is 13.2. The van der Waals surface area contributed by atoms with Crippen LogP contribution in [0.1, 0.15) is 55.6 Å². The molecule has 0 radical (unpaired) electrons. The van der Waals surface area contributed by atoms with E-state index in [-0.39, 0.29) is 28.0 Å². The highest BCUT2D eigenvalue weighted by molar-refractivity contribution is 7.90. The average Bonchev–Trinajstić information content (AvgIpc) is 2.81. The minimum Gasteiger partial charge on any atom is -0.496 e. The van der Waals surface area contributed by atoms with Gasteiger partial charge in [-0.25, -0.2) is 17.9 Å². The van der Waals surface area contributed by atoms with Gasteiger partial charge in [0.25, 0.3) is 15.9 Å². The van der Waals surface area contributed by atoms with Crippen LogP contribution >= 0.6 is 0 Å². The molecule has 2 aromatic carbocycles. The first-order valence-corrected chi connectivity index (χ1v) is 12.7. The number of sulfonamides is 1. The molecule has 0 aromatic heterocycles. The van der Waals surface area contributed by atoms with Crippen LogP contribution in [0.2, 0.25) is 0 Å². The number of nitrogens with one attached hydrogen (secondary N) is 3. The summed E-state index contributed by atoms with van der Waals surface area (Å²) in [5.41, 5.74) is 1.96. The van der Waals surface area contributed by atoms with Crippen molar-refractivity contribution < 1.29 is 27.5 Å². The highest BCUT2D eigenvalue weighted by Gasteiger charge is 2.24. The fraction of sp³-hybridized carbons (Fsp3) is 0.440. The van der Waals surface area contributed by atoms with Crippen LogP contribution in [-0.4, -0.2) is 47.7 Å². The molecule has 2 rings (SSSR count). The van der Waals surface area contributed by atoms with Gasteiger partial charge in [-0.1, -0.05) is 39.8 Å². The van der Waals surface area contributed by atoms with Crippen molar-refractivity contribution in [2.75, 3.05) is 21.3 Å². The second-order valence-corrected chi connectivity index (χ2v) is 10.8. The molecule has 3 amide bonds. The highest BCUT2D eigenvalue weighted by atomic mass is 32.2. The summed E-state index contributed by atoms with van der Waals surface area (Å²) in [5, 5.41) is 5.25. The molecule has 0 bridgehead atoms. The molecular weight excluding hydrogens is 470 g/mol. The smallest absolute Gasteiger partial charge is 0.328 e. The summed E-state index contributed by atoms with van der Waals surface area (Å²) in [6.07, 6.45) is 0.980. The van der Waals surface area contributed by atoms with Gasteiger partial charge in [-0.3, -0.25) is 4.79 Å². The van der Waals surface area contributed by atoms with E-state index in [1.165, 1.54) is 33.4 Å². The van der Waals surface area contributed by atoms with Crippen LogP contribution in [0, 0.1) is 0 Å². The van der Waals surface area contributed by atoms with Crippen molar-refractivity contribution in [3.8, 4) is 11.5 Å². The lowest BCUT2D eigenvalue weighted by Crippen LogP contribution is -2.38. The quantitative estimate of drug-likeness (QED) is 0.480. The number of benzene rings is 2. The van der Waals surface area contributed by atoms with Crippen molar-refractivity contribution in [2.24, 2.45) is 0 Å². The van der Waals surface area contributed by atoms with E-state index in [1.54, 1.807) is 12.1 Å². The maximum atomic E-state index is 13.2. The van der Waals surface area contributed by atoms with Gasteiger partial charge >= 0.3 is 6.03 Å². The molecule has 0 spiro atoms. The van der Waals surface area contributed by atoms with Crippen LogP contribution in [0.3, 0.4) is 0 Å². The van der Waals surface area contributed by atoms with E-state index >= 15 is 0 Å². The van der Waals surface area contributed by atoms with Gasteiger partial charge in [0.05, 0.1) is 19.8 Å². The molecule has 0 saturated carbocycles. The topological polar surface area (TPSA) is 123 Å². The number of amides is 3. The second-order valence-electron chi connectivity index (χ2n) is 9.12. The predicted molar refractivity (Wildman–Crippen MR) is 135 cm³/mol. The SMILES string of the molecule is CCC(Cc1ccc(OC)c(S(=O)(=O)NC(=O)NC)c1)NC(=O)c1cc(C(C)(C)C)ccc1OC. The van der Waals surface area contributed by atoms with Crippen molar-refractivity contribution in [2.45, 2.75) is 56.9 Å². The number of urea groups is 1. The van der Waals surface area contributed by atoms with Crippen molar-refractivity contribution in [1.82, 2.24) is 15.4 Å². The lowest BCUT2D eigenvalue weighted by molar-refractivity contribution is 0.0932. The Kier molecular flexibility index (Phi) is 9.14. The minimum atomic E-state index is -4.16. The lowest BCUT2D eigenvalue weighted by Gasteiger charge is -2.22. The molecule has 0 fully saturated rings. The normalized spacial score (nSPS) is 12.4. The van der Waals surface area contributed by atoms with E-state index in [4.69, 9.17) is 9.47 Å². The molecule has 9 nitrogen and oxygen atoms in total. The summed E-state index contributed by atoms with van der Waals surface area (Å²) in [6.45, 7) is 8.14. The fourth-order valence-corrected chi connectivity index (χ4v) is 4.66. The molecule has 192 valence electrons. The lowest BCUT2D eigenvalue weighted by atomic mass is 9.86. The molecule has 2 aromatic rings. The van der Waals surface area contributed by atoms with Gasteiger partial charge in [-0.05, 0) is 53.6 Å². The second kappa shape index (κ2) is 11.4. The van der Waals surface area contributed by atoms with Gasteiger partial charge in [0.15, 0.2) is 0 Å². The Labute approximate surface area is 207 Å². The first-order chi connectivity index (χ1) is 16.4. The molecule has 1 unspecified atom stereocenters. The summed E-state index contributed by atoms with van der Waals surface area (Å²) in [6, 6.07) is 9.13. The van der Waals surface area contributed by atoms with Crippen LogP contribution in [0.4, 0.5) is 4.79 Å². The zero-order valence-corrected chi connectivity index (χ0v) is 22.1. The molecule has 0 aliphatic carbocycles. The Morgan fingerprint density at radius 2 is 1.63 bits per heavy atom. The van der Waals surface area contributed by atoms with E-state index in [1.807, 2.05) is 23.8 Å². The largest absolute Gasteiger partial charge is 0.496 e. The van der Waals surface area contributed by atoms with E-state index < -0.39 is 16.1 Å². The average molecular weight is 506 g/mol. The van der Waals surface area contributed by atoms with Crippen LogP contribution in [0.25, 0.3) is 0 Å². The van der Waals surface area contributed by atoms with Crippen LogP contribution in [-0.2, 0) is 21.9 Å². The molecule has 3 N–H and O–H groups in total. The third kappa shape index (κ3) is 7.11. The Balaban J connectivity index is 2.32. The Hall–Kier alpha value is -3.27. The number of hydrogen-bond acceptors (Lipinski definition) is 6. The zero-order chi connectivity index (χ0) is 26.4. The van der Waals surface area contributed by atoms with Gasteiger partial charge in [-0.2, -0.15) is 0 Å². The van der Waals surface area contributed by atoms with Crippen molar-refractivity contribution in [3.63, 3.8) is 0 Å². The number of hydrogen-bond donors (Lipinski definition) is 3. The number of carbonyl (C=O) groups is 2. The van der Waals surface area contributed by atoms with Gasteiger partial charge in [-0.15, -0.1) is 0 Å². The zero-order valence-electron chi connectivity index (χ0n) is 21.3. The summed E-state index contributed by atoms with van der Waals surface area (Å²) in [4.78, 5) is 24.6. The standard InChI is InChI=1S/C25H35N3O6S/c1-8-18(27-23(29)19-15-17(25(2,3)4)10-12-20(19)33-6)13-16-9-11-21(34-7)22(14-16)35(31,32)28-24(30)26-5/h9-12,14-15,18H,8,13H2,1-7H3,(H,27,29)(H2,26,28,30). The monoisotopic (exact) mass is 505 g/mol. The number of ether oxygens (including phenoxy) is 2. The van der Waals surface area contributed by atoms with E-state index in [0.29, 0.717) is 29.7 Å². The highest BCUT2D eigenvalue weighted by Crippen LogP contribution is 2.29. The number of rotatable bonds is 9. The van der Waals surface area contributed by atoms with Gasteiger partial charge in [0, 0.05) is 13.1 Å². The molecule has 1 atom stereocenters. The van der Waals surface area contributed by atoms with Gasteiger partial charge in [0.2, 0.25) is 0 Å².